The van der Waals surface area contributed by atoms with Crippen LogP contribution in [0.2, 0.25) is 0 Å². The van der Waals surface area contributed by atoms with Crippen molar-refractivity contribution in [2.75, 3.05) is 11.9 Å². The van der Waals surface area contributed by atoms with Gasteiger partial charge < -0.3 is 10.2 Å². The molecule has 1 N–H and O–H groups in total. The average Bonchev–Trinajstić information content (AvgIpc) is 3.03. The third-order valence-electron chi connectivity index (χ3n) is 4.86. The second-order valence-corrected chi connectivity index (χ2v) is 6.29. The van der Waals surface area contributed by atoms with Crippen molar-refractivity contribution in [1.82, 2.24) is 19.9 Å². The van der Waals surface area contributed by atoms with Crippen LogP contribution in [0.25, 0.3) is 5.65 Å². The number of piperidine rings is 1. The number of anilines is 1. The standard InChI is InChI=1S/C15H21N5/c1-10-5-14-16-9-17-20(14)15(6-10)19(2)13-7-11-3-4-12(8-13)18-11/h5-6,9,11-13,18H,3-4,7-8H2,1-2H3. The molecular weight excluding hydrogens is 250 g/mol. The molecule has 2 aliphatic heterocycles. The molecule has 4 rings (SSSR count). The van der Waals surface area contributed by atoms with E-state index >= 15 is 0 Å². The molecule has 0 radical (unpaired) electrons. The third-order valence-corrected chi connectivity index (χ3v) is 4.86. The van der Waals surface area contributed by atoms with Crippen molar-refractivity contribution in [3.8, 4) is 0 Å². The second-order valence-electron chi connectivity index (χ2n) is 6.29. The second kappa shape index (κ2) is 4.45. The molecule has 2 unspecified atom stereocenters. The average molecular weight is 271 g/mol. The number of rotatable bonds is 2. The summed E-state index contributed by atoms with van der Waals surface area (Å²) in [7, 11) is 2.20. The van der Waals surface area contributed by atoms with Crippen LogP contribution in [0.5, 0.6) is 0 Å². The van der Waals surface area contributed by atoms with Gasteiger partial charge in [-0.1, -0.05) is 0 Å². The fourth-order valence-electron chi connectivity index (χ4n) is 3.82. The number of nitrogens with one attached hydrogen (secondary N) is 1. The lowest BCUT2D eigenvalue weighted by Gasteiger charge is -2.36. The molecule has 2 aliphatic rings. The molecule has 0 aromatic carbocycles. The van der Waals surface area contributed by atoms with Crippen LogP contribution in [-0.4, -0.2) is 39.8 Å². The topological polar surface area (TPSA) is 45.5 Å². The minimum absolute atomic E-state index is 0.600. The smallest absolute Gasteiger partial charge is 0.157 e. The van der Waals surface area contributed by atoms with Crippen molar-refractivity contribution in [2.45, 2.75) is 50.7 Å². The van der Waals surface area contributed by atoms with Crippen molar-refractivity contribution >= 4 is 11.5 Å². The van der Waals surface area contributed by atoms with Crippen LogP contribution in [-0.2, 0) is 0 Å². The summed E-state index contributed by atoms with van der Waals surface area (Å²) in [5.74, 6) is 1.16. The third kappa shape index (κ3) is 1.88. The van der Waals surface area contributed by atoms with Gasteiger partial charge in [0.25, 0.3) is 0 Å². The van der Waals surface area contributed by atoms with Crippen LogP contribution in [0.15, 0.2) is 18.5 Å². The monoisotopic (exact) mass is 271 g/mol. The van der Waals surface area contributed by atoms with E-state index in [0.717, 1.165) is 11.5 Å². The SMILES string of the molecule is Cc1cc(N(C)C2CC3CCC(C2)N3)n2ncnc2c1. The minimum atomic E-state index is 0.600. The maximum absolute atomic E-state index is 4.38. The van der Waals surface area contributed by atoms with E-state index in [4.69, 9.17) is 0 Å². The molecule has 2 aromatic heterocycles. The molecule has 5 nitrogen and oxygen atoms in total. The summed E-state index contributed by atoms with van der Waals surface area (Å²) >= 11 is 0. The lowest BCUT2D eigenvalue weighted by Crippen LogP contribution is -2.47. The zero-order valence-corrected chi connectivity index (χ0v) is 12.1. The number of aryl methyl sites for hydroxylation is 1. The van der Waals surface area contributed by atoms with Gasteiger partial charge in [0, 0.05) is 25.2 Å². The molecule has 2 atom stereocenters. The van der Waals surface area contributed by atoms with E-state index in [1.165, 1.54) is 31.2 Å². The lowest BCUT2D eigenvalue weighted by atomic mass is 9.98. The molecule has 0 aliphatic carbocycles. The zero-order valence-electron chi connectivity index (χ0n) is 12.1. The Morgan fingerprint density at radius 3 is 2.75 bits per heavy atom. The summed E-state index contributed by atoms with van der Waals surface area (Å²) in [5, 5.41) is 8.09. The molecule has 2 aromatic rings. The van der Waals surface area contributed by atoms with E-state index in [2.05, 4.69) is 46.4 Å². The normalized spacial score (nSPS) is 29.0. The van der Waals surface area contributed by atoms with Crippen molar-refractivity contribution in [1.29, 1.82) is 0 Å². The van der Waals surface area contributed by atoms with Gasteiger partial charge in [-0.15, -0.1) is 0 Å². The molecule has 20 heavy (non-hydrogen) atoms. The van der Waals surface area contributed by atoms with Gasteiger partial charge >= 0.3 is 0 Å². The summed E-state index contributed by atoms with van der Waals surface area (Å²) in [6, 6.07) is 6.31. The first-order valence-corrected chi connectivity index (χ1v) is 7.50. The Kier molecular flexibility index (Phi) is 2.70. The first-order valence-electron chi connectivity index (χ1n) is 7.50. The summed E-state index contributed by atoms with van der Waals surface area (Å²) < 4.78 is 1.96. The molecule has 0 spiro atoms. The van der Waals surface area contributed by atoms with Crippen molar-refractivity contribution in [3.63, 3.8) is 0 Å². The number of hydrogen-bond donors (Lipinski definition) is 1. The highest BCUT2D eigenvalue weighted by atomic mass is 15.4. The van der Waals surface area contributed by atoms with Crippen LogP contribution in [0.1, 0.15) is 31.2 Å². The molecule has 2 bridgehead atoms. The van der Waals surface area contributed by atoms with Gasteiger partial charge in [0.2, 0.25) is 0 Å². The molecule has 4 heterocycles. The summed E-state index contributed by atoms with van der Waals surface area (Å²) in [4.78, 5) is 6.73. The first kappa shape index (κ1) is 12.1. The van der Waals surface area contributed by atoms with E-state index < -0.39 is 0 Å². The molecule has 0 amide bonds. The summed E-state index contributed by atoms with van der Waals surface area (Å²) in [6.07, 6.45) is 6.77. The molecule has 5 heteroatoms. The Hall–Kier alpha value is -1.62. The summed E-state index contributed by atoms with van der Waals surface area (Å²) in [6.45, 7) is 2.12. The van der Waals surface area contributed by atoms with Crippen molar-refractivity contribution in [2.24, 2.45) is 0 Å². The van der Waals surface area contributed by atoms with E-state index in [1.54, 1.807) is 6.33 Å². The van der Waals surface area contributed by atoms with E-state index in [0.29, 0.717) is 18.1 Å². The van der Waals surface area contributed by atoms with Crippen molar-refractivity contribution < 1.29 is 0 Å². The highest BCUT2D eigenvalue weighted by Crippen LogP contribution is 2.31. The van der Waals surface area contributed by atoms with Gasteiger partial charge in [-0.25, -0.2) is 4.98 Å². The Labute approximate surface area is 119 Å². The maximum atomic E-state index is 4.38. The van der Waals surface area contributed by atoms with E-state index in [9.17, 15) is 0 Å². The van der Waals surface area contributed by atoms with Crippen LogP contribution in [0.4, 0.5) is 5.82 Å². The van der Waals surface area contributed by atoms with Gasteiger partial charge in [-0.05, 0) is 50.3 Å². The number of hydrogen-bond acceptors (Lipinski definition) is 4. The van der Waals surface area contributed by atoms with E-state index in [-0.39, 0.29) is 0 Å². The number of fused-ring (bicyclic) bond motifs is 3. The highest BCUT2D eigenvalue weighted by molar-refractivity contribution is 5.53. The van der Waals surface area contributed by atoms with Crippen LogP contribution < -0.4 is 10.2 Å². The highest BCUT2D eigenvalue weighted by Gasteiger charge is 2.35. The number of pyridine rings is 1. The molecule has 106 valence electrons. The quantitative estimate of drug-likeness (QED) is 0.904. The molecule has 2 saturated heterocycles. The lowest BCUT2D eigenvalue weighted by molar-refractivity contribution is 0.353. The van der Waals surface area contributed by atoms with Crippen molar-refractivity contribution in [3.05, 3.63) is 24.0 Å². The summed E-state index contributed by atoms with van der Waals surface area (Å²) in [5.41, 5.74) is 2.17. The van der Waals surface area contributed by atoms with Crippen LogP contribution in [0, 0.1) is 6.92 Å². The maximum Gasteiger partial charge on any atom is 0.157 e. The van der Waals surface area contributed by atoms with Gasteiger partial charge in [-0.2, -0.15) is 9.61 Å². The minimum Gasteiger partial charge on any atom is -0.356 e. The predicted octanol–water partition coefficient (Wildman–Crippen LogP) is 1.76. The molecule has 0 saturated carbocycles. The van der Waals surface area contributed by atoms with Gasteiger partial charge in [0.05, 0.1) is 0 Å². The van der Waals surface area contributed by atoms with Crippen LogP contribution >= 0.6 is 0 Å². The number of aromatic nitrogens is 3. The Balaban J connectivity index is 1.69. The van der Waals surface area contributed by atoms with Gasteiger partial charge in [-0.3, -0.25) is 0 Å². The van der Waals surface area contributed by atoms with Gasteiger partial charge in [0.15, 0.2) is 5.65 Å². The number of nitrogens with zero attached hydrogens (tertiary/aromatic N) is 4. The largest absolute Gasteiger partial charge is 0.356 e. The Morgan fingerprint density at radius 2 is 2.00 bits per heavy atom. The Bertz CT molecular complexity index is 622. The van der Waals surface area contributed by atoms with Crippen LogP contribution in [0.3, 0.4) is 0 Å². The fraction of sp³-hybridized carbons (Fsp3) is 0.600. The Morgan fingerprint density at radius 1 is 1.25 bits per heavy atom. The predicted molar refractivity (Wildman–Crippen MR) is 79.1 cm³/mol. The zero-order chi connectivity index (χ0) is 13.7. The van der Waals surface area contributed by atoms with E-state index in [1.807, 2.05) is 4.52 Å². The first-order chi connectivity index (χ1) is 9.70. The fourth-order valence-corrected chi connectivity index (χ4v) is 3.82. The molecular formula is C15H21N5. The van der Waals surface area contributed by atoms with Gasteiger partial charge in [0.1, 0.15) is 12.1 Å². The molecule has 2 fully saturated rings.